The summed E-state index contributed by atoms with van der Waals surface area (Å²) >= 11 is 5.82. The van der Waals surface area contributed by atoms with E-state index in [0.717, 1.165) is 68.6 Å². The van der Waals surface area contributed by atoms with Crippen molar-refractivity contribution in [1.82, 2.24) is 10.2 Å². The lowest BCUT2D eigenvalue weighted by Crippen LogP contribution is -2.38. The van der Waals surface area contributed by atoms with E-state index in [2.05, 4.69) is 15.5 Å². The number of anilines is 1. The number of para-hydroxylation sites is 1. The number of phenolic OH excluding ortho intramolecular Hbond substituents is 1. The Labute approximate surface area is 254 Å². The van der Waals surface area contributed by atoms with Crippen LogP contribution in [0.5, 0.6) is 5.75 Å². The van der Waals surface area contributed by atoms with Crippen molar-refractivity contribution < 1.29 is 19.4 Å². The molecule has 0 unspecified atom stereocenters. The van der Waals surface area contributed by atoms with Crippen molar-refractivity contribution in [2.45, 2.75) is 63.9 Å². The Hall–Kier alpha value is -3.55. The normalized spacial score (nSPS) is 13.9. The first-order valence-electron chi connectivity index (χ1n) is 15.1. The molecule has 8 heteroatoms. The number of ether oxygens (including phenoxy) is 1. The fourth-order valence-electron chi connectivity index (χ4n) is 5.34. The molecule has 3 aromatic carbocycles. The van der Waals surface area contributed by atoms with Crippen LogP contribution in [0.3, 0.4) is 0 Å². The molecule has 0 radical (unpaired) electrons. The predicted octanol–water partition coefficient (Wildman–Crippen LogP) is 7.89. The second kappa shape index (κ2) is 16.8. The number of carbonyl (C=O) groups is 2. The summed E-state index contributed by atoms with van der Waals surface area (Å²) in [5, 5.41) is 16.1. The Morgan fingerprint density at radius 2 is 1.52 bits per heavy atom. The van der Waals surface area contributed by atoms with Gasteiger partial charge in [0.25, 0.3) is 5.91 Å². The van der Waals surface area contributed by atoms with Crippen LogP contribution in [0.15, 0.2) is 72.8 Å². The van der Waals surface area contributed by atoms with Crippen LogP contribution < -0.4 is 10.6 Å². The number of rotatable bonds is 14. The number of amides is 2. The molecule has 7 nitrogen and oxygen atoms in total. The predicted molar refractivity (Wildman–Crippen MR) is 169 cm³/mol. The summed E-state index contributed by atoms with van der Waals surface area (Å²) in [6, 6.07) is 22.3. The van der Waals surface area contributed by atoms with Gasteiger partial charge in [0.1, 0.15) is 11.9 Å². The van der Waals surface area contributed by atoms with Gasteiger partial charge in [-0.15, -0.1) is 0 Å². The lowest BCUT2D eigenvalue weighted by molar-refractivity contribution is 0.0584. The van der Waals surface area contributed by atoms with Gasteiger partial charge in [-0.3, -0.25) is 10.1 Å². The van der Waals surface area contributed by atoms with Gasteiger partial charge in [0.05, 0.1) is 11.3 Å². The molecular weight excluding hydrogens is 550 g/mol. The maximum Gasteiger partial charge on any atom is 0.411 e. The molecule has 4 rings (SSSR count). The van der Waals surface area contributed by atoms with Crippen molar-refractivity contribution in [2.24, 2.45) is 0 Å². The number of piperidine rings is 1. The lowest BCUT2D eigenvalue weighted by Gasteiger charge is -2.31. The number of phenols is 1. The molecule has 1 heterocycles. The van der Waals surface area contributed by atoms with Crippen LogP contribution in [-0.2, 0) is 4.74 Å². The van der Waals surface area contributed by atoms with E-state index in [0.29, 0.717) is 11.6 Å². The van der Waals surface area contributed by atoms with Crippen molar-refractivity contribution in [3.8, 4) is 16.9 Å². The largest absolute Gasteiger partial charge is 0.507 e. The molecule has 0 aliphatic carbocycles. The number of hydrogen-bond donors (Lipinski definition) is 3. The number of aromatic hydroxyl groups is 1. The van der Waals surface area contributed by atoms with E-state index in [1.807, 2.05) is 54.6 Å². The topological polar surface area (TPSA) is 90.9 Å². The number of benzene rings is 3. The molecular formula is C34H42ClN3O4. The number of nitrogens with zero attached hydrogens (tertiary/aromatic N) is 1. The Balaban J connectivity index is 1.01. The highest BCUT2D eigenvalue weighted by atomic mass is 35.5. The summed E-state index contributed by atoms with van der Waals surface area (Å²) in [5.41, 5.74) is 3.04. The van der Waals surface area contributed by atoms with E-state index in [1.54, 1.807) is 6.07 Å². The zero-order valence-electron chi connectivity index (χ0n) is 24.2. The molecule has 2 amide bonds. The fourth-order valence-corrected chi connectivity index (χ4v) is 5.51. The quantitative estimate of drug-likeness (QED) is 0.166. The van der Waals surface area contributed by atoms with Crippen molar-refractivity contribution in [1.29, 1.82) is 0 Å². The minimum Gasteiger partial charge on any atom is -0.507 e. The molecule has 0 spiro atoms. The van der Waals surface area contributed by atoms with Crippen LogP contribution in [0.25, 0.3) is 11.1 Å². The average Bonchev–Trinajstić information content (AvgIpc) is 2.99. The zero-order valence-corrected chi connectivity index (χ0v) is 25.0. The second-order valence-corrected chi connectivity index (χ2v) is 11.3. The van der Waals surface area contributed by atoms with Gasteiger partial charge in [0.2, 0.25) is 0 Å². The standard InChI is InChI=1S/C34H42ClN3O4/c35-27-17-18-30(32(39)25-27)33(40)36-21-11-4-2-1-3-5-12-22-38-23-19-28(20-24-38)42-34(41)37-31-16-10-9-15-29(31)26-13-7-6-8-14-26/h6-10,13-18,25,28,39H,1-5,11-12,19-24H2,(H,36,40)(H,37,41). The van der Waals surface area contributed by atoms with Gasteiger partial charge in [-0.2, -0.15) is 0 Å². The maximum absolute atomic E-state index is 12.6. The molecule has 224 valence electrons. The van der Waals surface area contributed by atoms with Crippen LogP contribution in [0.1, 0.15) is 68.1 Å². The first-order chi connectivity index (χ1) is 20.5. The van der Waals surface area contributed by atoms with Gasteiger partial charge >= 0.3 is 6.09 Å². The first-order valence-corrected chi connectivity index (χ1v) is 15.5. The molecule has 1 saturated heterocycles. The van der Waals surface area contributed by atoms with Crippen LogP contribution in [0.4, 0.5) is 10.5 Å². The molecule has 0 aromatic heterocycles. The van der Waals surface area contributed by atoms with Gasteiger partial charge in [-0.05, 0) is 62.1 Å². The smallest absolute Gasteiger partial charge is 0.411 e. The molecule has 3 aromatic rings. The summed E-state index contributed by atoms with van der Waals surface area (Å²) in [6.07, 6.45) is 9.26. The van der Waals surface area contributed by atoms with Crippen LogP contribution in [0.2, 0.25) is 5.02 Å². The highest BCUT2D eigenvalue weighted by molar-refractivity contribution is 6.30. The number of unbranched alkanes of at least 4 members (excludes halogenated alkanes) is 6. The van der Waals surface area contributed by atoms with E-state index >= 15 is 0 Å². The third-order valence-corrected chi connectivity index (χ3v) is 7.93. The van der Waals surface area contributed by atoms with Crippen molar-refractivity contribution in [3.63, 3.8) is 0 Å². The lowest BCUT2D eigenvalue weighted by atomic mass is 10.0. The molecule has 0 saturated carbocycles. The molecule has 0 bridgehead atoms. The maximum atomic E-state index is 12.6. The number of hydrogen-bond acceptors (Lipinski definition) is 5. The SMILES string of the molecule is O=C(Nc1ccccc1-c1ccccc1)OC1CCN(CCCCCCCCCNC(=O)c2ccc(Cl)cc2O)CC1. The van der Waals surface area contributed by atoms with Crippen molar-refractivity contribution in [2.75, 3.05) is 31.5 Å². The molecule has 1 aliphatic rings. The second-order valence-electron chi connectivity index (χ2n) is 10.9. The monoisotopic (exact) mass is 591 g/mol. The zero-order chi connectivity index (χ0) is 29.6. The summed E-state index contributed by atoms with van der Waals surface area (Å²) in [4.78, 5) is 27.3. The molecule has 3 N–H and O–H groups in total. The van der Waals surface area contributed by atoms with Gasteiger partial charge < -0.3 is 20.1 Å². The Morgan fingerprint density at radius 1 is 0.857 bits per heavy atom. The Morgan fingerprint density at radius 3 is 2.26 bits per heavy atom. The summed E-state index contributed by atoms with van der Waals surface area (Å²) < 4.78 is 5.76. The van der Waals surface area contributed by atoms with Gasteiger partial charge in [0, 0.05) is 30.2 Å². The van der Waals surface area contributed by atoms with Crippen molar-refractivity contribution >= 4 is 29.3 Å². The number of halogens is 1. The van der Waals surface area contributed by atoms with Gasteiger partial charge in [-0.25, -0.2) is 4.79 Å². The summed E-state index contributed by atoms with van der Waals surface area (Å²) in [7, 11) is 0. The average molecular weight is 592 g/mol. The van der Waals surface area contributed by atoms with Crippen LogP contribution in [-0.4, -0.2) is 54.3 Å². The van der Waals surface area contributed by atoms with E-state index in [4.69, 9.17) is 16.3 Å². The van der Waals surface area contributed by atoms with E-state index in [9.17, 15) is 14.7 Å². The first kappa shape index (κ1) is 31.4. The van der Waals surface area contributed by atoms with Crippen molar-refractivity contribution in [3.05, 3.63) is 83.4 Å². The molecule has 42 heavy (non-hydrogen) atoms. The highest BCUT2D eigenvalue weighted by Crippen LogP contribution is 2.28. The van der Waals surface area contributed by atoms with Gasteiger partial charge in [0.15, 0.2) is 0 Å². The van der Waals surface area contributed by atoms with Gasteiger partial charge in [-0.1, -0.05) is 92.2 Å². The molecule has 1 aliphatic heterocycles. The van der Waals surface area contributed by atoms with Crippen LogP contribution in [0, 0.1) is 0 Å². The summed E-state index contributed by atoms with van der Waals surface area (Å²) in [6.45, 7) is 3.60. The summed E-state index contributed by atoms with van der Waals surface area (Å²) in [5.74, 6) is -0.366. The number of nitrogens with one attached hydrogen (secondary N) is 2. The molecule has 0 atom stereocenters. The number of carbonyl (C=O) groups excluding carboxylic acids is 2. The third kappa shape index (κ3) is 10.1. The van der Waals surface area contributed by atoms with Crippen LogP contribution >= 0.6 is 11.6 Å². The number of likely N-dealkylation sites (tertiary alicyclic amines) is 1. The minimum absolute atomic E-state index is 0.0493. The highest BCUT2D eigenvalue weighted by Gasteiger charge is 2.22. The third-order valence-electron chi connectivity index (χ3n) is 7.70. The van der Waals surface area contributed by atoms with E-state index in [1.165, 1.54) is 37.8 Å². The minimum atomic E-state index is -0.389. The fraction of sp³-hybridized carbons (Fsp3) is 0.412. The molecule has 1 fully saturated rings. The Bertz CT molecular complexity index is 1280. The Kier molecular flexibility index (Phi) is 12.5. The van der Waals surface area contributed by atoms with E-state index < -0.39 is 0 Å². The van der Waals surface area contributed by atoms with E-state index in [-0.39, 0.29) is 29.4 Å².